The van der Waals surface area contributed by atoms with E-state index in [4.69, 9.17) is 0 Å². The predicted molar refractivity (Wildman–Crippen MR) is 77.7 cm³/mol. The Morgan fingerprint density at radius 3 is 2.00 bits per heavy atom. The standard InChI is InChI=1S/C16H26FNO/c1-11(2)9-18(10-12(3)4)13(5)15-7-6-14(17)8-16(15)19/h6-8,11-13,19H,9-10H2,1-5H3. The number of rotatable bonds is 6. The first-order valence-corrected chi connectivity index (χ1v) is 7.03. The third-order valence-electron chi connectivity index (χ3n) is 3.19. The molecule has 2 nitrogen and oxygen atoms in total. The fraction of sp³-hybridized carbons (Fsp3) is 0.625. The van der Waals surface area contributed by atoms with Gasteiger partial charge in [0.05, 0.1) is 0 Å². The van der Waals surface area contributed by atoms with Gasteiger partial charge in [0.2, 0.25) is 0 Å². The second kappa shape index (κ2) is 6.90. The van der Waals surface area contributed by atoms with Gasteiger partial charge in [-0.25, -0.2) is 4.39 Å². The van der Waals surface area contributed by atoms with Crippen LogP contribution in [0.2, 0.25) is 0 Å². The highest BCUT2D eigenvalue weighted by atomic mass is 19.1. The van der Waals surface area contributed by atoms with Crippen LogP contribution in [-0.4, -0.2) is 23.1 Å². The maximum absolute atomic E-state index is 13.1. The molecule has 1 aromatic carbocycles. The van der Waals surface area contributed by atoms with E-state index in [0.29, 0.717) is 11.8 Å². The van der Waals surface area contributed by atoms with Gasteiger partial charge in [0, 0.05) is 30.8 Å². The Hall–Kier alpha value is -1.09. The van der Waals surface area contributed by atoms with Crippen molar-refractivity contribution in [2.45, 2.75) is 40.7 Å². The zero-order valence-electron chi connectivity index (χ0n) is 12.7. The number of benzene rings is 1. The first-order chi connectivity index (χ1) is 8.81. The Labute approximate surface area is 116 Å². The minimum atomic E-state index is -0.396. The fourth-order valence-electron chi connectivity index (χ4n) is 2.40. The molecule has 1 aromatic rings. The molecule has 0 spiro atoms. The van der Waals surface area contributed by atoms with E-state index in [1.165, 1.54) is 12.1 Å². The molecule has 0 saturated carbocycles. The smallest absolute Gasteiger partial charge is 0.126 e. The summed E-state index contributed by atoms with van der Waals surface area (Å²) >= 11 is 0. The van der Waals surface area contributed by atoms with E-state index in [1.54, 1.807) is 6.07 Å². The van der Waals surface area contributed by atoms with Crippen LogP contribution in [0.3, 0.4) is 0 Å². The number of aromatic hydroxyl groups is 1. The molecule has 0 aliphatic rings. The zero-order chi connectivity index (χ0) is 14.6. The Bertz CT molecular complexity index is 394. The van der Waals surface area contributed by atoms with E-state index in [0.717, 1.165) is 18.7 Å². The second-order valence-electron chi connectivity index (χ2n) is 6.12. The fourth-order valence-corrected chi connectivity index (χ4v) is 2.40. The van der Waals surface area contributed by atoms with Crippen molar-refractivity contribution in [1.29, 1.82) is 0 Å². The molecular weight excluding hydrogens is 241 g/mol. The van der Waals surface area contributed by atoms with Gasteiger partial charge in [-0.3, -0.25) is 4.90 Å². The molecule has 19 heavy (non-hydrogen) atoms. The van der Waals surface area contributed by atoms with E-state index in [1.807, 2.05) is 0 Å². The van der Waals surface area contributed by atoms with Crippen LogP contribution in [-0.2, 0) is 0 Å². The zero-order valence-corrected chi connectivity index (χ0v) is 12.7. The first kappa shape index (κ1) is 16.0. The molecule has 0 heterocycles. The van der Waals surface area contributed by atoms with E-state index < -0.39 is 5.82 Å². The van der Waals surface area contributed by atoms with Crippen molar-refractivity contribution in [3.8, 4) is 5.75 Å². The molecular formula is C16H26FNO. The maximum atomic E-state index is 13.1. The van der Waals surface area contributed by atoms with Gasteiger partial charge in [0.15, 0.2) is 0 Å². The summed E-state index contributed by atoms with van der Waals surface area (Å²) < 4.78 is 13.1. The number of phenolic OH excluding ortho intramolecular Hbond substituents is 1. The van der Waals surface area contributed by atoms with Gasteiger partial charge in [0.25, 0.3) is 0 Å². The highest BCUT2D eigenvalue weighted by Gasteiger charge is 2.20. The average Bonchev–Trinajstić information content (AvgIpc) is 2.26. The molecule has 0 radical (unpaired) electrons. The minimum absolute atomic E-state index is 0.0463. The van der Waals surface area contributed by atoms with Gasteiger partial charge in [-0.05, 0) is 24.8 Å². The maximum Gasteiger partial charge on any atom is 0.126 e. The Morgan fingerprint density at radius 2 is 1.58 bits per heavy atom. The summed E-state index contributed by atoms with van der Waals surface area (Å²) in [4.78, 5) is 2.35. The van der Waals surface area contributed by atoms with E-state index in [2.05, 4.69) is 39.5 Å². The second-order valence-corrected chi connectivity index (χ2v) is 6.12. The van der Waals surface area contributed by atoms with Gasteiger partial charge < -0.3 is 5.11 Å². The van der Waals surface area contributed by atoms with Crippen molar-refractivity contribution in [3.63, 3.8) is 0 Å². The Balaban J connectivity index is 2.93. The quantitative estimate of drug-likeness (QED) is 0.834. The van der Waals surface area contributed by atoms with E-state index in [-0.39, 0.29) is 11.8 Å². The molecule has 3 heteroatoms. The third kappa shape index (κ3) is 4.83. The van der Waals surface area contributed by atoms with Gasteiger partial charge in [-0.15, -0.1) is 0 Å². The molecule has 1 unspecified atom stereocenters. The lowest BCUT2D eigenvalue weighted by Crippen LogP contribution is -2.33. The third-order valence-corrected chi connectivity index (χ3v) is 3.19. The molecule has 108 valence electrons. The van der Waals surface area contributed by atoms with Gasteiger partial charge in [0.1, 0.15) is 11.6 Å². The van der Waals surface area contributed by atoms with Crippen LogP contribution in [0.4, 0.5) is 4.39 Å². The molecule has 1 N–H and O–H groups in total. The number of halogens is 1. The van der Waals surface area contributed by atoms with Crippen molar-refractivity contribution in [3.05, 3.63) is 29.6 Å². The van der Waals surface area contributed by atoms with Crippen LogP contribution in [0.15, 0.2) is 18.2 Å². The van der Waals surface area contributed by atoms with Crippen LogP contribution in [0.1, 0.15) is 46.2 Å². The average molecular weight is 267 g/mol. The summed E-state index contributed by atoms with van der Waals surface area (Å²) in [6, 6.07) is 4.37. The van der Waals surface area contributed by atoms with Crippen molar-refractivity contribution < 1.29 is 9.50 Å². The first-order valence-electron chi connectivity index (χ1n) is 7.03. The van der Waals surface area contributed by atoms with Gasteiger partial charge >= 0.3 is 0 Å². The lowest BCUT2D eigenvalue weighted by molar-refractivity contribution is 0.164. The predicted octanol–water partition coefficient (Wildman–Crippen LogP) is 4.21. The SMILES string of the molecule is CC(C)CN(CC(C)C)C(C)c1ccc(F)cc1O. The molecule has 0 aliphatic heterocycles. The molecule has 0 saturated heterocycles. The highest BCUT2D eigenvalue weighted by Crippen LogP contribution is 2.30. The molecule has 0 amide bonds. The topological polar surface area (TPSA) is 23.5 Å². The summed E-state index contributed by atoms with van der Waals surface area (Å²) in [7, 11) is 0. The summed E-state index contributed by atoms with van der Waals surface area (Å²) in [6.45, 7) is 12.7. The minimum Gasteiger partial charge on any atom is -0.508 e. The molecule has 0 aromatic heterocycles. The lowest BCUT2D eigenvalue weighted by atomic mass is 10.0. The number of hydrogen-bond acceptors (Lipinski definition) is 2. The highest BCUT2D eigenvalue weighted by molar-refractivity contribution is 5.35. The molecule has 0 aliphatic carbocycles. The molecule has 1 atom stereocenters. The van der Waals surface area contributed by atoms with Crippen LogP contribution in [0.25, 0.3) is 0 Å². The van der Waals surface area contributed by atoms with Crippen molar-refractivity contribution in [2.75, 3.05) is 13.1 Å². The van der Waals surface area contributed by atoms with Crippen molar-refractivity contribution in [2.24, 2.45) is 11.8 Å². The van der Waals surface area contributed by atoms with E-state index in [9.17, 15) is 9.50 Å². The molecule has 1 rings (SSSR count). The normalized spacial score (nSPS) is 13.5. The van der Waals surface area contributed by atoms with Crippen molar-refractivity contribution in [1.82, 2.24) is 4.90 Å². The molecule has 0 bridgehead atoms. The van der Waals surface area contributed by atoms with E-state index >= 15 is 0 Å². The van der Waals surface area contributed by atoms with Gasteiger partial charge in [-0.1, -0.05) is 33.8 Å². The monoisotopic (exact) mass is 267 g/mol. The summed E-state index contributed by atoms with van der Waals surface area (Å²) in [5, 5.41) is 9.91. The van der Waals surface area contributed by atoms with Crippen LogP contribution in [0.5, 0.6) is 5.75 Å². The lowest BCUT2D eigenvalue weighted by Gasteiger charge is -2.32. The summed E-state index contributed by atoms with van der Waals surface area (Å²) in [5.41, 5.74) is 0.794. The number of phenols is 1. The largest absolute Gasteiger partial charge is 0.508 e. The number of hydrogen-bond donors (Lipinski definition) is 1. The Kier molecular flexibility index (Phi) is 5.80. The van der Waals surface area contributed by atoms with Crippen molar-refractivity contribution >= 4 is 0 Å². The molecule has 0 fully saturated rings. The summed E-state index contributed by atoms with van der Waals surface area (Å²) in [5.74, 6) is 0.769. The van der Waals surface area contributed by atoms with Crippen LogP contribution < -0.4 is 0 Å². The summed E-state index contributed by atoms with van der Waals surface area (Å²) in [6.07, 6.45) is 0. The van der Waals surface area contributed by atoms with Crippen LogP contribution >= 0.6 is 0 Å². The number of nitrogens with zero attached hydrogens (tertiary/aromatic N) is 1. The Morgan fingerprint density at radius 1 is 1.05 bits per heavy atom. The van der Waals surface area contributed by atoms with Crippen LogP contribution in [0, 0.1) is 17.7 Å². The van der Waals surface area contributed by atoms with Gasteiger partial charge in [-0.2, -0.15) is 0 Å².